The maximum absolute atomic E-state index is 13.5. The number of hydrogen-bond donors (Lipinski definition) is 1. The van der Waals surface area contributed by atoms with E-state index in [4.69, 9.17) is 0 Å². The van der Waals surface area contributed by atoms with Gasteiger partial charge in [-0.1, -0.05) is 23.8 Å². The Balaban J connectivity index is 2.08. The highest BCUT2D eigenvalue weighted by Crippen LogP contribution is 2.12. The van der Waals surface area contributed by atoms with E-state index in [0.29, 0.717) is 12.6 Å². The standard InChI is InChI=1S/C16H15F2NO/c1-10-3-4-12(11(2)7-10)9-19-16(20)14-6-5-13(17)8-15(14)18/h3-8H,9H2,1-2H3,(H,19,20). The minimum atomic E-state index is -0.858. The summed E-state index contributed by atoms with van der Waals surface area (Å²) < 4.78 is 26.2. The molecular formula is C16H15F2NO. The van der Waals surface area contributed by atoms with E-state index < -0.39 is 17.5 Å². The number of rotatable bonds is 3. The summed E-state index contributed by atoms with van der Waals surface area (Å²) >= 11 is 0. The van der Waals surface area contributed by atoms with Gasteiger partial charge in [0.05, 0.1) is 5.56 Å². The Morgan fingerprint density at radius 3 is 2.50 bits per heavy atom. The minimum Gasteiger partial charge on any atom is -0.348 e. The molecule has 0 atom stereocenters. The van der Waals surface area contributed by atoms with E-state index in [1.807, 2.05) is 32.0 Å². The summed E-state index contributed by atoms with van der Waals surface area (Å²) in [5.74, 6) is -2.11. The Morgan fingerprint density at radius 1 is 1.10 bits per heavy atom. The van der Waals surface area contributed by atoms with Gasteiger partial charge in [0.25, 0.3) is 5.91 Å². The minimum absolute atomic E-state index is 0.156. The van der Waals surface area contributed by atoms with Gasteiger partial charge >= 0.3 is 0 Å². The lowest BCUT2D eigenvalue weighted by molar-refractivity contribution is 0.0947. The summed E-state index contributed by atoms with van der Waals surface area (Å²) in [5, 5.41) is 2.63. The normalized spacial score (nSPS) is 10.4. The fourth-order valence-corrected chi connectivity index (χ4v) is 1.99. The van der Waals surface area contributed by atoms with Gasteiger partial charge in [-0.25, -0.2) is 8.78 Å². The van der Waals surface area contributed by atoms with Crippen LogP contribution in [0.25, 0.3) is 0 Å². The molecule has 2 nitrogen and oxygen atoms in total. The molecule has 0 aliphatic heterocycles. The average Bonchev–Trinajstić information content (AvgIpc) is 2.37. The third-order valence-corrected chi connectivity index (χ3v) is 3.11. The number of aryl methyl sites for hydroxylation is 2. The SMILES string of the molecule is Cc1ccc(CNC(=O)c2ccc(F)cc2F)c(C)c1. The van der Waals surface area contributed by atoms with Gasteiger partial charge in [0.1, 0.15) is 11.6 Å². The lowest BCUT2D eigenvalue weighted by atomic mass is 10.1. The molecule has 0 bridgehead atoms. The van der Waals surface area contributed by atoms with E-state index in [2.05, 4.69) is 5.32 Å². The molecule has 0 spiro atoms. The summed E-state index contributed by atoms with van der Waals surface area (Å²) in [6.45, 7) is 4.25. The second-order valence-corrected chi connectivity index (χ2v) is 4.74. The van der Waals surface area contributed by atoms with Crippen LogP contribution in [0.2, 0.25) is 0 Å². The summed E-state index contributed by atoms with van der Waals surface area (Å²) in [5.41, 5.74) is 3.01. The van der Waals surface area contributed by atoms with Crippen LogP contribution in [-0.2, 0) is 6.54 Å². The molecule has 0 radical (unpaired) electrons. The van der Waals surface area contributed by atoms with Gasteiger partial charge < -0.3 is 5.32 Å². The van der Waals surface area contributed by atoms with Crippen molar-refractivity contribution < 1.29 is 13.6 Å². The highest BCUT2D eigenvalue weighted by molar-refractivity contribution is 5.94. The van der Waals surface area contributed by atoms with Crippen LogP contribution in [0.1, 0.15) is 27.0 Å². The second kappa shape index (κ2) is 5.82. The van der Waals surface area contributed by atoms with E-state index in [9.17, 15) is 13.6 Å². The van der Waals surface area contributed by atoms with Crippen molar-refractivity contribution in [3.8, 4) is 0 Å². The molecular weight excluding hydrogens is 260 g/mol. The molecule has 2 rings (SSSR count). The van der Waals surface area contributed by atoms with Crippen LogP contribution in [0.3, 0.4) is 0 Å². The summed E-state index contributed by atoms with van der Waals surface area (Å²) in [4.78, 5) is 11.9. The average molecular weight is 275 g/mol. The summed E-state index contributed by atoms with van der Waals surface area (Å²) in [7, 11) is 0. The van der Waals surface area contributed by atoms with Crippen molar-refractivity contribution in [3.05, 3.63) is 70.3 Å². The van der Waals surface area contributed by atoms with Crippen molar-refractivity contribution >= 4 is 5.91 Å². The number of amides is 1. The summed E-state index contributed by atoms with van der Waals surface area (Å²) in [6.07, 6.45) is 0. The Hall–Kier alpha value is -2.23. The van der Waals surface area contributed by atoms with E-state index in [1.165, 1.54) is 0 Å². The molecule has 104 valence electrons. The van der Waals surface area contributed by atoms with Crippen LogP contribution in [-0.4, -0.2) is 5.91 Å². The van der Waals surface area contributed by atoms with Gasteiger partial charge in [-0.15, -0.1) is 0 Å². The molecule has 0 heterocycles. The van der Waals surface area contributed by atoms with E-state index in [1.54, 1.807) is 0 Å². The predicted octanol–water partition coefficient (Wildman–Crippen LogP) is 3.51. The first-order valence-electron chi connectivity index (χ1n) is 6.27. The first-order chi connectivity index (χ1) is 9.47. The van der Waals surface area contributed by atoms with E-state index >= 15 is 0 Å². The Bertz CT molecular complexity index is 653. The zero-order chi connectivity index (χ0) is 14.7. The van der Waals surface area contributed by atoms with Gasteiger partial charge in [0, 0.05) is 12.6 Å². The van der Waals surface area contributed by atoms with Gasteiger partial charge in [-0.05, 0) is 37.1 Å². The Morgan fingerprint density at radius 2 is 1.85 bits per heavy atom. The van der Waals surface area contributed by atoms with Crippen molar-refractivity contribution in [2.45, 2.75) is 20.4 Å². The molecule has 0 fully saturated rings. The maximum atomic E-state index is 13.5. The smallest absolute Gasteiger partial charge is 0.254 e. The van der Waals surface area contributed by atoms with Crippen molar-refractivity contribution in [2.24, 2.45) is 0 Å². The first-order valence-corrected chi connectivity index (χ1v) is 6.27. The van der Waals surface area contributed by atoms with Crippen LogP contribution >= 0.6 is 0 Å². The number of nitrogens with one attached hydrogen (secondary N) is 1. The van der Waals surface area contributed by atoms with Gasteiger partial charge in [-0.3, -0.25) is 4.79 Å². The largest absolute Gasteiger partial charge is 0.348 e. The van der Waals surface area contributed by atoms with Crippen molar-refractivity contribution in [2.75, 3.05) is 0 Å². The van der Waals surface area contributed by atoms with E-state index in [-0.39, 0.29) is 5.56 Å². The molecule has 0 saturated carbocycles. The number of carbonyl (C=O) groups is 1. The third-order valence-electron chi connectivity index (χ3n) is 3.11. The molecule has 2 aromatic carbocycles. The zero-order valence-corrected chi connectivity index (χ0v) is 11.3. The van der Waals surface area contributed by atoms with Gasteiger partial charge in [0.2, 0.25) is 0 Å². The number of benzene rings is 2. The molecule has 0 saturated heterocycles. The monoisotopic (exact) mass is 275 g/mol. The van der Waals surface area contributed by atoms with Crippen LogP contribution in [0.5, 0.6) is 0 Å². The molecule has 0 unspecified atom stereocenters. The van der Waals surface area contributed by atoms with Crippen molar-refractivity contribution in [3.63, 3.8) is 0 Å². The molecule has 2 aromatic rings. The number of carbonyl (C=O) groups excluding carboxylic acids is 1. The first kappa shape index (κ1) is 14.2. The number of hydrogen-bond acceptors (Lipinski definition) is 1. The van der Waals surface area contributed by atoms with Crippen LogP contribution in [0.4, 0.5) is 8.78 Å². The Kier molecular flexibility index (Phi) is 4.13. The maximum Gasteiger partial charge on any atom is 0.254 e. The quantitative estimate of drug-likeness (QED) is 0.912. The van der Waals surface area contributed by atoms with Crippen LogP contribution in [0, 0.1) is 25.5 Å². The predicted molar refractivity (Wildman–Crippen MR) is 73.4 cm³/mol. The fraction of sp³-hybridized carbons (Fsp3) is 0.188. The zero-order valence-electron chi connectivity index (χ0n) is 11.3. The molecule has 1 N–H and O–H groups in total. The Labute approximate surface area is 116 Å². The molecule has 4 heteroatoms. The van der Waals surface area contributed by atoms with Crippen LogP contribution < -0.4 is 5.32 Å². The second-order valence-electron chi connectivity index (χ2n) is 4.74. The lowest BCUT2D eigenvalue weighted by Gasteiger charge is -2.09. The van der Waals surface area contributed by atoms with Crippen molar-refractivity contribution in [1.29, 1.82) is 0 Å². The number of halogens is 2. The highest BCUT2D eigenvalue weighted by atomic mass is 19.1. The van der Waals surface area contributed by atoms with Crippen LogP contribution in [0.15, 0.2) is 36.4 Å². The third kappa shape index (κ3) is 3.20. The molecule has 1 amide bonds. The lowest BCUT2D eigenvalue weighted by Crippen LogP contribution is -2.24. The molecule has 20 heavy (non-hydrogen) atoms. The van der Waals surface area contributed by atoms with Gasteiger partial charge in [-0.2, -0.15) is 0 Å². The molecule has 0 aliphatic carbocycles. The fourth-order valence-electron chi connectivity index (χ4n) is 1.99. The molecule has 0 aliphatic rings. The van der Waals surface area contributed by atoms with E-state index in [0.717, 1.165) is 28.8 Å². The topological polar surface area (TPSA) is 29.1 Å². The van der Waals surface area contributed by atoms with Gasteiger partial charge in [0.15, 0.2) is 0 Å². The summed E-state index contributed by atoms with van der Waals surface area (Å²) in [6, 6.07) is 8.79. The molecule has 0 aromatic heterocycles. The highest BCUT2D eigenvalue weighted by Gasteiger charge is 2.12. The van der Waals surface area contributed by atoms with Crippen molar-refractivity contribution in [1.82, 2.24) is 5.32 Å².